The number of rotatable bonds is 75. The fraction of sp³-hybridized carbons (Fsp3) is 0.949. The van der Waals surface area contributed by atoms with E-state index in [-0.39, 0.29) is 25.7 Å². The molecule has 0 fully saturated rings. The zero-order valence-electron chi connectivity index (χ0n) is 63.7. The summed E-state index contributed by atoms with van der Waals surface area (Å²) in [6.45, 7) is 14.2. The van der Waals surface area contributed by atoms with Gasteiger partial charge in [-0.3, -0.25) is 37.3 Å². The highest BCUT2D eigenvalue weighted by molar-refractivity contribution is 7.47. The van der Waals surface area contributed by atoms with Gasteiger partial charge >= 0.3 is 39.5 Å². The third kappa shape index (κ3) is 69.5. The van der Waals surface area contributed by atoms with Crippen molar-refractivity contribution in [2.45, 2.75) is 414 Å². The van der Waals surface area contributed by atoms with E-state index in [1.807, 2.05) is 0 Å². The molecule has 19 heteroatoms. The van der Waals surface area contributed by atoms with Crippen LogP contribution in [0.5, 0.6) is 0 Å². The number of hydrogen-bond acceptors (Lipinski definition) is 15. The van der Waals surface area contributed by atoms with E-state index >= 15 is 0 Å². The zero-order valence-corrected chi connectivity index (χ0v) is 65.5. The molecule has 17 nitrogen and oxygen atoms in total. The van der Waals surface area contributed by atoms with Crippen LogP contribution in [0.2, 0.25) is 0 Å². The third-order valence-corrected chi connectivity index (χ3v) is 20.7. The predicted octanol–water partition coefficient (Wildman–Crippen LogP) is 22.8. The van der Waals surface area contributed by atoms with Crippen molar-refractivity contribution in [1.29, 1.82) is 0 Å². The molecule has 0 amide bonds. The largest absolute Gasteiger partial charge is 0.472 e. The maximum absolute atomic E-state index is 13.1. The van der Waals surface area contributed by atoms with Crippen molar-refractivity contribution in [2.75, 3.05) is 39.6 Å². The maximum Gasteiger partial charge on any atom is 0.472 e. The summed E-state index contributed by atoms with van der Waals surface area (Å²) in [5, 5.41) is 10.6. The van der Waals surface area contributed by atoms with E-state index in [1.54, 1.807) is 0 Å². The molecule has 0 rings (SSSR count). The van der Waals surface area contributed by atoms with Crippen molar-refractivity contribution >= 4 is 39.5 Å². The summed E-state index contributed by atoms with van der Waals surface area (Å²) in [7, 11) is -9.92. The van der Waals surface area contributed by atoms with Crippen LogP contribution in [-0.4, -0.2) is 96.7 Å². The highest BCUT2D eigenvalue weighted by Gasteiger charge is 2.30. The summed E-state index contributed by atoms with van der Waals surface area (Å²) in [5.74, 6) is 0.947. The summed E-state index contributed by atoms with van der Waals surface area (Å²) in [4.78, 5) is 72.8. The number of aliphatic hydroxyl groups excluding tert-OH is 1. The molecule has 0 aliphatic carbocycles. The van der Waals surface area contributed by atoms with Crippen LogP contribution >= 0.6 is 15.6 Å². The Hall–Kier alpha value is -1.94. The Morgan fingerprint density at radius 2 is 0.495 bits per heavy atom. The lowest BCUT2D eigenvalue weighted by Gasteiger charge is -2.21. The second kappa shape index (κ2) is 67.2. The first kappa shape index (κ1) is 95.1. The van der Waals surface area contributed by atoms with Crippen molar-refractivity contribution in [3.8, 4) is 0 Å². The number of ether oxygens (including phenoxy) is 4. The van der Waals surface area contributed by atoms with E-state index in [0.29, 0.717) is 25.7 Å². The van der Waals surface area contributed by atoms with Gasteiger partial charge in [-0.05, 0) is 49.4 Å². The lowest BCUT2D eigenvalue weighted by molar-refractivity contribution is -0.161. The molecule has 0 aliphatic rings. The topological polar surface area (TPSA) is 237 Å². The van der Waals surface area contributed by atoms with Crippen molar-refractivity contribution < 1.29 is 80.2 Å². The first-order chi connectivity index (χ1) is 46.7. The molecule has 97 heavy (non-hydrogen) atoms. The smallest absolute Gasteiger partial charge is 0.462 e. The molecule has 0 saturated heterocycles. The van der Waals surface area contributed by atoms with Gasteiger partial charge in [-0.2, -0.15) is 0 Å². The summed E-state index contributed by atoms with van der Waals surface area (Å²) < 4.78 is 68.5. The summed E-state index contributed by atoms with van der Waals surface area (Å²) in [6, 6.07) is 0. The van der Waals surface area contributed by atoms with Gasteiger partial charge in [0.1, 0.15) is 19.3 Å². The van der Waals surface area contributed by atoms with Gasteiger partial charge in [0.05, 0.1) is 26.4 Å². The number of esters is 4. The number of hydrogen-bond donors (Lipinski definition) is 3. The fourth-order valence-corrected chi connectivity index (χ4v) is 13.4. The van der Waals surface area contributed by atoms with Gasteiger partial charge in [0.25, 0.3) is 0 Å². The van der Waals surface area contributed by atoms with E-state index in [1.165, 1.54) is 186 Å². The Morgan fingerprint density at radius 1 is 0.289 bits per heavy atom. The normalized spacial score (nSPS) is 14.6. The van der Waals surface area contributed by atoms with Crippen molar-refractivity contribution in [3.63, 3.8) is 0 Å². The van der Waals surface area contributed by atoms with Crippen LogP contribution in [0, 0.1) is 23.7 Å². The molecule has 0 heterocycles. The molecular formula is C78H152O17P2. The third-order valence-electron chi connectivity index (χ3n) is 18.8. The van der Waals surface area contributed by atoms with E-state index in [2.05, 4.69) is 55.4 Å². The Labute approximate surface area is 594 Å². The number of aliphatic hydroxyl groups is 1. The minimum Gasteiger partial charge on any atom is -0.462 e. The molecule has 0 aromatic rings. The lowest BCUT2D eigenvalue weighted by atomic mass is 10.00. The molecule has 0 bridgehead atoms. The summed E-state index contributed by atoms with van der Waals surface area (Å²) >= 11 is 0. The van der Waals surface area contributed by atoms with E-state index in [0.717, 1.165) is 126 Å². The van der Waals surface area contributed by atoms with Gasteiger partial charge in [0.2, 0.25) is 0 Å². The highest BCUT2D eigenvalue weighted by atomic mass is 31.2. The maximum atomic E-state index is 13.1. The van der Waals surface area contributed by atoms with Crippen molar-refractivity contribution in [1.82, 2.24) is 0 Å². The summed E-state index contributed by atoms with van der Waals surface area (Å²) in [6.07, 6.45) is 52.9. The predicted molar refractivity (Wildman–Crippen MR) is 395 cm³/mol. The van der Waals surface area contributed by atoms with Crippen LogP contribution in [0.15, 0.2) is 0 Å². The van der Waals surface area contributed by atoms with Crippen molar-refractivity contribution in [3.05, 3.63) is 0 Å². The molecule has 0 spiro atoms. The molecule has 3 N–H and O–H groups in total. The molecule has 576 valence electrons. The monoisotopic (exact) mass is 1420 g/mol. The molecule has 4 unspecified atom stereocenters. The van der Waals surface area contributed by atoms with Crippen molar-refractivity contribution in [2.24, 2.45) is 23.7 Å². The first-order valence-electron chi connectivity index (χ1n) is 40.3. The molecule has 0 radical (unpaired) electrons. The fourth-order valence-electron chi connectivity index (χ4n) is 11.8. The minimum atomic E-state index is -4.96. The van der Waals surface area contributed by atoms with Gasteiger partial charge in [-0.25, -0.2) is 9.13 Å². The zero-order chi connectivity index (χ0) is 71.7. The summed E-state index contributed by atoms with van der Waals surface area (Å²) in [5.41, 5.74) is 0. The van der Waals surface area contributed by atoms with Gasteiger partial charge in [-0.15, -0.1) is 0 Å². The van der Waals surface area contributed by atoms with Crippen LogP contribution in [0.25, 0.3) is 0 Å². The first-order valence-corrected chi connectivity index (χ1v) is 43.3. The SMILES string of the molecule is CCC(C)CCCCCCCCC(=O)OC[C@H](COP(=O)(O)OC[C@H](O)COP(=O)(O)OC[C@@H](COC(=O)CCCCCCCCC(C)CC)OC(=O)CCCCCCCCCCCCCCCC(C)C)OC(=O)CCCCCCCCCCCCCCCCCCCCC(C)C. The minimum absolute atomic E-state index is 0.106. The van der Waals surface area contributed by atoms with E-state index in [9.17, 15) is 43.2 Å². The van der Waals surface area contributed by atoms with Gasteiger partial charge in [0, 0.05) is 25.7 Å². The molecular weight excluding hydrogens is 1270 g/mol. The molecule has 0 aromatic heterocycles. The molecule has 0 aromatic carbocycles. The number of unbranched alkanes of at least 4 members (excludes halogenated alkanes) is 39. The van der Waals surface area contributed by atoms with E-state index in [4.69, 9.17) is 37.0 Å². The van der Waals surface area contributed by atoms with Gasteiger partial charge < -0.3 is 33.8 Å². The second-order valence-corrected chi connectivity index (χ2v) is 32.4. The highest BCUT2D eigenvalue weighted by Crippen LogP contribution is 2.45. The van der Waals surface area contributed by atoms with Gasteiger partial charge in [-0.1, -0.05) is 344 Å². The average Bonchev–Trinajstić information content (AvgIpc) is 2.91. The molecule has 0 saturated carbocycles. The molecule has 0 aliphatic heterocycles. The Morgan fingerprint density at radius 3 is 0.732 bits per heavy atom. The Bertz CT molecular complexity index is 1910. The lowest BCUT2D eigenvalue weighted by Crippen LogP contribution is -2.30. The van der Waals surface area contributed by atoms with Crippen LogP contribution in [0.1, 0.15) is 396 Å². The van der Waals surface area contributed by atoms with Crippen LogP contribution < -0.4 is 0 Å². The van der Waals surface area contributed by atoms with Crippen LogP contribution in [-0.2, 0) is 65.4 Å². The average molecular weight is 1420 g/mol. The Balaban J connectivity index is 5.19. The molecule has 7 atom stereocenters. The number of phosphoric ester groups is 2. The number of phosphoric acid groups is 2. The Kier molecular flexibility index (Phi) is 65.9. The standard InChI is InChI=1S/C78H152O17P2/c1-9-70(7)56-48-40-34-36-42-50-58-75(80)88-64-73(94-77(82)60-52-44-32-28-24-20-16-14-12-11-13-15-18-22-26-30-38-46-54-68(3)4)66-92-96(84,85)90-62-72(79)63-91-97(86,87)93-67-74(65-89-76(81)59-51-43-37-35-41-49-57-71(8)10-2)95-78(83)61-53-45-33-29-25-21-17-19-23-27-31-39-47-55-69(5)6/h68-74,79H,9-67H2,1-8H3,(H,84,85)(H,86,87)/t70?,71?,72-,73+,74+/m0/s1. The second-order valence-electron chi connectivity index (χ2n) is 29.5. The van der Waals surface area contributed by atoms with Crippen LogP contribution in [0.4, 0.5) is 0 Å². The quantitative estimate of drug-likeness (QED) is 0.0222. The number of carbonyl (C=O) groups is 4. The number of carbonyl (C=O) groups excluding carboxylic acids is 4. The van der Waals surface area contributed by atoms with E-state index < -0.39 is 97.5 Å². The van der Waals surface area contributed by atoms with Gasteiger partial charge in [0.15, 0.2) is 12.2 Å². The van der Waals surface area contributed by atoms with Crippen LogP contribution in [0.3, 0.4) is 0 Å².